The maximum absolute atomic E-state index is 13.2. The first-order valence-electron chi connectivity index (χ1n) is 12.4. The molecule has 5 heteroatoms. The van der Waals surface area contributed by atoms with Crippen LogP contribution in [-0.2, 0) is 9.53 Å². The zero-order chi connectivity index (χ0) is 22.1. The standard InChI is InChI=1S/C26H42N2O3/c1-4-16-31-26(13-7-5-6-8-14-26)25(29)27-23-9-11-24(12-10-23)30-17-15-28-19-21(2)18-22(3)20-28/h9-12,21-22H,4-8,13-20H2,1-3H3,(H,27,29)/t21-,22-/m1/s1. The van der Waals surface area contributed by atoms with E-state index in [-0.39, 0.29) is 5.91 Å². The van der Waals surface area contributed by atoms with Gasteiger partial charge in [0.05, 0.1) is 0 Å². The fraction of sp³-hybridized carbons (Fsp3) is 0.731. The number of nitrogens with one attached hydrogen (secondary N) is 1. The molecule has 0 unspecified atom stereocenters. The van der Waals surface area contributed by atoms with E-state index in [9.17, 15) is 4.79 Å². The number of likely N-dealkylation sites (tertiary alicyclic amines) is 1. The van der Waals surface area contributed by atoms with E-state index in [1.54, 1.807) is 0 Å². The summed E-state index contributed by atoms with van der Waals surface area (Å²) in [6.45, 7) is 11.4. The molecule has 2 atom stereocenters. The maximum atomic E-state index is 13.2. The van der Waals surface area contributed by atoms with E-state index in [2.05, 4.69) is 31.0 Å². The molecule has 1 saturated carbocycles. The molecule has 5 nitrogen and oxygen atoms in total. The minimum absolute atomic E-state index is 0.00450. The quantitative estimate of drug-likeness (QED) is 0.526. The first-order valence-corrected chi connectivity index (χ1v) is 12.4. The van der Waals surface area contributed by atoms with E-state index in [4.69, 9.17) is 9.47 Å². The van der Waals surface area contributed by atoms with Crippen LogP contribution in [-0.4, -0.2) is 49.3 Å². The molecule has 2 fully saturated rings. The fourth-order valence-corrected chi connectivity index (χ4v) is 5.18. The van der Waals surface area contributed by atoms with Gasteiger partial charge in [-0.05, 0) is 61.8 Å². The molecule has 1 aromatic rings. The Morgan fingerprint density at radius 3 is 2.29 bits per heavy atom. The molecule has 1 aliphatic heterocycles. The number of amides is 1. The zero-order valence-corrected chi connectivity index (χ0v) is 19.8. The van der Waals surface area contributed by atoms with Gasteiger partial charge in [-0.2, -0.15) is 0 Å². The third kappa shape index (κ3) is 7.21. The summed E-state index contributed by atoms with van der Waals surface area (Å²) >= 11 is 0. The van der Waals surface area contributed by atoms with Crippen LogP contribution in [0.5, 0.6) is 5.75 Å². The Kier molecular flexibility index (Phi) is 9.21. The average molecular weight is 431 g/mol. The van der Waals surface area contributed by atoms with Crippen LogP contribution in [0.4, 0.5) is 5.69 Å². The number of rotatable bonds is 9. The van der Waals surface area contributed by atoms with Crippen LogP contribution in [0, 0.1) is 11.8 Å². The average Bonchev–Trinajstić information content (AvgIpc) is 2.99. The van der Waals surface area contributed by atoms with Crippen LogP contribution in [0.25, 0.3) is 0 Å². The van der Waals surface area contributed by atoms with Crippen LogP contribution in [0.3, 0.4) is 0 Å². The maximum Gasteiger partial charge on any atom is 0.256 e. The second-order valence-corrected chi connectivity index (χ2v) is 9.79. The van der Waals surface area contributed by atoms with E-state index < -0.39 is 5.60 Å². The number of carbonyl (C=O) groups excluding carboxylic acids is 1. The van der Waals surface area contributed by atoms with Crippen LogP contribution >= 0.6 is 0 Å². The first-order chi connectivity index (χ1) is 15.0. The van der Waals surface area contributed by atoms with Crippen molar-refractivity contribution in [1.82, 2.24) is 4.90 Å². The predicted octanol–water partition coefficient (Wildman–Crippen LogP) is 5.50. The Labute approximate surface area is 188 Å². The molecule has 0 bridgehead atoms. The number of anilines is 1. The van der Waals surface area contributed by atoms with Gasteiger partial charge in [-0.1, -0.05) is 46.5 Å². The molecule has 0 spiro atoms. The molecule has 0 radical (unpaired) electrons. The Morgan fingerprint density at radius 2 is 1.68 bits per heavy atom. The number of hydrogen-bond acceptors (Lipinski definition) is 4. The Morgan fingerprint density at radius 1 is 1.03 bits per heavy atom. The topological polar surface area (TPSA) is 50.8 Å². The highest BCUT2D eigenvalue weighted by atomic mass is 16.5. The second kappa shape index (κ2) is 11.9. The summed E-state index contributed by atoms with van der Waals surface area (Å²) in [5.41, 5.74) is 0.129. The van der Waals surface area contributed by atoms with Crippen LogP contribution < -0.4 is 10.1 Å². The largest absolute Gasteiger partial charge is 0.492 e. The molecule has 1 amide bonds. The summed E-state index contributed by atoms with van der Waals surface area (Å²) in [6.07, 6.45) is 8.36. The number of benzene rings is 1. The highest BCUT2D eigenvalue weighted by Crippen LogP contribution is 2.32. The van der Waals surface area contributed by atoms with Gasteiger partial charge < -0.3 is 14.8 Å². The Balaban J connectivity index is 1.50. The summed E-state index contributed by atoms with van der Waals surface area (Å²) < 4.78 is 12.1. The molecule has 174 valence electrons. The van der Waals surface area contributed by atoms with E-state index in [1.807, 2.05) is 24.3 Å². The number of piperidine rings is 1. The minimum Gasteiger partial charge on any atom is -0.492 e. The molecule has 31 heavy (non-hydrogen) atoms. The van der Waals surface area contributed by atoms with Crippen molar-refractivity contribution in [2.24, 2.45) is 11.8 Å². The summed E-state index contributed by atoms with van der Waals surface area (Å²) in [7, 11) is 0. The molecule has 1 heterocycles. The van der Waals surface area contributed by atoms with Crippen molar-refractivity contribution >= 4 is 11.6 Å². The predicted molar refractivity (Wildman–Crippen MR) is 127 cm³/mol. The molecule has 1 saturated heterocycles. The van der Waals surface area contributed by atoms with Crippen molar-refractivity contribution in [3.8, 4) is 5.75 Å². The highest BCUT2D eigenvalue weighted by Gasteiger charge is 2.39. The lowest BCUT2D eigenvalue weighted by Crippen LogP contribution is -2.45. The van der Waals surface area contributed by atoms with E-state index in [0.29, 0.717) is 13.2 Å². The van der Waals surface area contributed by atoms with Gasteiger partial charge in [-0.3, -0.25) is 9.69 Å². The van der Waals surface area contributed by atoms with Crippen molar-refractivity contribution in [2.75, 3.05) is 38.2 Å². The van der Waals surface area contributed by atoms with Gasteiger partial charge in [0.15, 0.2) is 0 Å². The van der Waals surface area contributed by atoms with Gasteiger partial charge in [-0.25, -0.2) is 0 Å². The number of carbonyl (C=O) groups is 1. The molecule has 3 rings (SSSR count). The van der Waals surface area contributed by atoms with Gasteiger partial charge in [0.2, 0.25) is 0 Å². The monoisotopic (exact) mass is 430 g/mol. The molecular weight excluding hydrogens is 388 g/mol. The molecule has 1 aliphatic carbocycles. The fourth-order valence-electron chi connectivity index (χ4n) is 5.18. The summed E-state index contributed by atoms with van der Waals surface area (Å²) in [6, 6.07) is 7.76. The van der Waals surface area contributed by atoms with Crippen LogP contribution in [0.2, 0.25) is 0 Å². The summed E-state index contributed by atoms with van der Waals surface area (Å²) in [5, 5.41) is 3.11. The zero-order valence-electron chi connectivity index (χ0n) is 19.8. The van der Waals surface area contributed by atoms with Crippen molar-refractivity contribution in [2.45, 2.75) is 77.7 Å². The SMILES string of the molecule is CCCOC1(C(=O)Nc2ccc(OCCN3C[C@H](C)C[C@@H](C)C3)cc2)CCCCCC1. The van der Waals surface area contributed by atoms with Crippen molar-refractivity contribution in [3.63, 3.8) is 0 Å². The smallest absolute Gasteiger partial charge is 0.256 e. The van der Waals surface area contributed by atoms with E-state index >= 15 is 0 Å². The Hall–Kier alpha value is -1.59. The molecule has 0 aromatic heterocycles. The number of ether oxygens (including phenoxy) is 2. The van der Waals surface area contributed by atoms with Gasteiger partial charge in [-0.15, -0.1) is 0 Å². The summed E-state index contributed by atoms with van der Waals surface area (Å²) in [5.74, 6) is 2.39. The Bertz CT molecular complexity index is 658. The first kappa shape index (κ1) is 24.1. The van der Waals surface area contributed by atoms with Gasteiger partial charge in [0.25, 0.3) is 5.91 Å². The molecular formula is C26H42N2O3. The normalized spacial score (nSPS) is 24.4. The van der Waals surface area contributed by atoms with Gasteiger partial charge in [0.1, 0.15) is 18.0 Å². The number of hydrogen-bond donors (Lipinski definition) is 1. The lowest BCUT2D eigenvalue weighted by atomic mass is 9.92. The van der Waals surface area contributed by atoms with Gasteiger partial charge in [0, 0.05) is 31.9 Å². The summed E-state index contributed by atoms with van der Waals surface area (Å²) in [4.78, 5) is 15.7. The lowest BCUT2D eigenvalue weighted by molar-refractivity contribution is -0.143. The third-order valence-corrected chi connectivity index (χ3v) is 6.64. The van der Waals surface area contributed by atoms with Crippen molar-refractivity contribution in [1.29, 1.82) is 0 Å². The van der Waals surface area contributed by atoms with Crippen LogP contribution in [0.1, 0.15) is 72.1 Å². The van der Waals surface area contributed by atoms with E-state index in [0.717, 1.165) is 61.9 Å². The lowest BCUT2D eigenvalue weighted by Gasteiger charge is -2.34. The second-order valence-electron chi connectivity index (χ2n) is 9.79. The highest BCUT2D eigenvalue weighted by molar-refractivity contribution is 5.97. The van der Waals surface area contributed by atoms with Crippen molar-refractivity contribution in [3.05, 3.63) is 24.3 Å². The molecule has 1 aromatic carbocycles. The number of nitrogens with zero attached hydrogens (tertiary/aromatic N) is 1. The van der Waals surface area contributed by atoms with Crippen LogP contribution in [0.15, 0.2) is 24.3 Å². The molecule has 2 aliphatic rings. The molecule has 1 N–H and O–H groups in total. The minimum atomic E-state index is -0.676. The van der Waals surface area contributed by atoms with Crippen molar-refractivity contribution < 1.29 is 14.3 Å². The third-order valence-electron chi connectivity index (χ3n) is 6.64. The van der Waals surface area contributed by atoms with Gasteiger partial charge >= 0.3 is 0 Å². The van der Waals surface area contributed by atoms with E-state index in [1.165, 1.54) is 32.4 Å².